The molecule has 2 fully saturated rings. The first kappa shape index (κ1) is 28.2. The second-order valence-electron chi connectivity index (χ2n) is 9.96. The summed E-state index contributed by atoms with van der Waals surface area (Å²) in [6.07, 6.45) is 4.14. The lowest BCUT2D eigenvalue weighted by atomic mass is 10.1. The molecule has 0 saturated carbocycles. The van der Waals surface area contributed by atoms with Crippen LogP contribution in [0.2, 0.25) is 0 Å². The van der Waals surface area contributed by atoms with Crippen LogP contribution in [0.5, 0.6) is 0 Å². The molecule has 2 aromatic rings. The van der Waals surface area contributed by atoms with E-state index in [-0.39, 0.29) is 41.6 Å². The summed E-state index contributed by atoms with van der Waals surface area (Å²) in [6, 6.07) is 11.8. The van der Waals surface area contributed by atoms with Crippen molar-refractivity contribution in [2.24, 2.45) is 0 Å². The number of ether oxygens (including phenoxy) is 1. The van der Waals surface area contributed by atoms with Gasteiger partial charge in [-0.3, -0.25) is 9.59 Å². The minimum Gasteiger partial charge on any atom is -0.376 e. The van der Waals surface area contributed by atoms with Crippen LogP contribution in [0, 0.1) is 5.82 Å². The molecule has 0 aromatic heterocycles. The Morgan fingerprint density at radius 3 is 2.34 bits per heavy atom. The molecule has 2 aliphatic heterocycles. The van der Waals surface area contributed by atoms with Gasteiger partial charge in [0.15, 0.2) is 0 Å². The molecule has 0 spiro atoms. The van der Waals surface area contributed by atoms with Crippen LogP contribution in [0.1, 0.15) is 50.2 Å². The Kier molecular flexibility index (Phi) is 9.51. The Morgan fingerprint density at radius 2 is 1.71 bits per heavy atom. The second kappa shape index (κ2) is 12.8. The van der Waals surface area contributed by atoms with Crippen molar-refractivity contribution in [3.63, 3.8) is 0 Å². The van der Waals surface area contributed by atoms with E-state index < -0.39 is 16.1 Å². The summed E-state index contributed by atoms with van der Waals surface area (Å²) >= 11 is 0. The standard InChI is InChI=1S/C28H36FN3O5S/c1-21(28(34)30-19-25-5-4-18-37-25)32(20-23-6-11-24(29)12-7-23)27(33)15-10-22-8-13-26(14-9-22)38(35,36)31-16-2-3-17-31/h6-9,11-14,21,25H,2-5,10,15-20H2,1H3,(H,30,34)/t21-,25-/m0/s1. The molecular weight excluding hydrogens is 509 g/mol. The van der Waals surface area contributed by atoms with Crippen molar-refractivity contribution in [2.45, 2.75) is 69.0 Å². The smallest absolute Gasteiger partial charge is 0.243 e. The molecule has 2 amide bonds. The molecular formula is C28H36FN3O5S. The van der Waals surface area contributed by atoms with E-state index in [0.29, 0.717) is 32.7 Å². The number of hydrogen-bond donors (Lipinski definition) is 1. The SMILES string of the molecule is C[C@@H](C(=O)NC[C@@H]1CCCO1)N(Cc1ccc(F)cc1)C(=O)CCc1ccc(S(=O)(=O)N2CCCC2)cc1. The van der Waals surface area contributed by atoms with Gasteiger partial charge in [0.2, 0.25) is 21.8 Å². The van der Waals surface area contributed by atoms with Gasteiger partial charge in [-0.25, -0.2) is 12.8 Å². The number of carbonyl (C=O) groups is 2. The zero-order valence-electron chi connectivity index (χ0n) is 21.8. The van der Waals surface area contributed by atoms with E-state index in [1.54, 1.807) is 43.3 Å². The molecule has 2 saturated heterocycles. The number of nitrogens with zero attached hydrogens (tertiary/aromatic N) is 2. The van der Waals surface area contributed by atoms with Crippen molar-refractivity contribution in [3.05, 3.63) is 65.5 Å². The van der Waals surface area contributed by atoms with Crippen molar-refractivity contribution in [1.29, 1.82) is 0 Å². The van der Waals surface area contributed by atoms with Crippen LogP contribution in [-0.2, 0) is 37.3 Å². The Bertz CT molecular complexity index is 1190. The van der Waals surface area contributed by atoms with Gasteiger partial charge in [-0.1, -0.05) is 24.3 Å². The van der Waals surface area contributed by atoms with E-state index in [2.05, 4.69) is 5.32 Å². The molecule has 2 heterocycles. The molecule has 4 rings (SSSR count). The number of carbonyl (C=O) groups excluding carboxylic acids is 2. The number of benzene rings is 2. The van der Waals surface area contributed by atoms with Gasteiger partial charge >= 0.3 is 0 Å². The normalized spacial score (nSPS) is 18.8. The maximum Gasteiger partial charge on any atom is 0.243 e. The van der Waals surface area contributed by atoms with Crippen LogP contribution in [0.3, 0.4) is 0 Å². The van der Waals surface area contributed by atoms with Crippen molar-refractivity contribution in [3.8, 4) is 0 Å². The van der Waals surface area contributed by atoms with Gasteiger partial charge < -0.3 is 15.0 Å². The Balaban J connectivity index is 1.40. The molecule has 8 nitrogen and oxygen atoms in total. The highest BCUT2D eigenvalue weighted by Gasteiger charge is 2.28. The zero-order chi connectivity index (χ0) is 27.1. The summed E-state index contributed by atoms with van der Waals surface area (Å²) in [4.78, 5) is 28.0. The Morgan fingerprint density at radius 1 is 1.05 bits per heavy atom. The first-order chi connectivity index (χ1) is 18.2. The number of sulfonamides is 1. The molecule has 0 radical (unpaired) electrons. The molecule has 0 unspecified atom stereocenters. The number of amides is 2. The first-order valence-corrected chi connectivity index (χ1v) is 14.7. The summed E-state index contributed by atoms with van der Waals surface area (Å²) in [5.74, 6) is -0.862. The zero-order valence-corrected chi connectivity index (χ0v) is 22.6. The average Bonchev–Trinajstić information content (AvgIpc) is 3.65. The number of hydrogen-bond acceptors (Lipinski definition) is 5. The number of halogens is 1. The fourth-order valence-corrected chi connectivity index (χ4v) is 6.35. The highest BCUT2D eigenvalue weighted by Crippen LogP contribution is 2.22. The van der Waals surface area contributed by atoms with Gasteiger partial charge in [-0.2, -0.15) is 4.31 Å². The molecule has 0 bridgehead atoms. The van der Waals surface area contributed by atoms with Crippen LogP contribution in [0.4, 0.5) is 4.39 Å². The van der Waals surface area contributed by atoms with Gasteiger partial charge in [0, 0.05) is 39.2 Å². The fourth-order valence-electron chi connectivity index (χ4n) is 4.84. The second-order valence-corrected chi connectivity index (χ2v) is 11.9. The minimum absolute atomic E-state index is 0.00958. The quantitative estimate of drug-likeness (QED) is 0.468. The van der Waals surface area contributed by atoms with Crippen LogP contribution in [-0.4, -0.2) is 67.8 Å². The molecule has 2 aliphatic rings. The van der Waals surface area contributed by atoms with E-state index in [1.165, 1.54) is 21.3 Å². The Labute approximate surface area is 224 Å². The van der Waals surface area contributed by atoms with Crippen LogP contribution < -0.4 is 5.32 Å². The predicted molar refractivity (Wildman–Crippen MR) is 141 cm³/mol. The lowest BCUT2D eigenvalue weighted by molar-refractivity contribution is -0.140. The maximum absolute atomic E-state index is 13.4. The average molecular weight is 546 g/mol. The molecule has 206 valence electrons. The van der Waals surface area contributed by atoms with E-state index >= 15 is 0 Å². The number of aryl methyl sites for hydroxylation is 1. The third kappa shape index (κ3) is 7.18. The molecule has 38 heavy (non-hydrogen) atoms. The monoisotopic (exact) mass is 545 g/mol. The summed E-state index contributed by atoms with van der Waals surface area (Å²) in [5, 5.41) is 2.89. The molecule has 10 heteroatoms. The fraction of sp³-hybridized carbons (Fsp3) is 0.500. The molecule has 0 aliphatic carbocycles. The van der Waals surface area contributed by atoms with Crippen LogP contribution in [0.15, 0.2) is 53.4 Å². The lowest BCUT2D eigenvalue weighted by Gasteiger charge is -2.29. The van der Waals surface area contributed by atoms with Crippen molar-refractivity contribution in [2.75, 3.05) is 26.2 Å². The van der Waals surface area contributed by atoms with E-state index in [4.69, 9.17) is 4.74 Å². The van der Waals surface area contributed by atoms with Crippen molar-refractivity contribution in [1.82, 2.24) is 14.5 Å². The molecule has 2 atom stereocenters. The third-order valence-electron chi connectivity index (χ3n) is 7.22. The Hall–Kier alpha value is -2.82. The molecule has 1 N–H and O–H groups in total. The van der Waals surface area contributed by atoms with E-state index in [9.17, 15) is 22.4 Å². The van der Waals surface area contributed by atoms with E-state index in [1.807, 2.05) is 0 Å². The van der Waals surface area contributed by atoms with Gasteiger partial charge in [0.05, 0.1) is 11.0 Å². The summed E-state index contributed by atoms with van der Waals surface area (Å²) < 4.78 is 46.0. The number of rotatable bonds is 11. The predicted octanol–water partition coefficient (Wildman–Crippen LogP) is 3.26. The van der Waals surface area contributed by atoms with Gasteiger partial charge in [0.25, 0.3) is 0 Å². The summed E-state index contributed by atoms with van der Waals surface area (Å²) in [6.45, 7) is 4.03. The summed E-state index contributed by atoms with van der Waals surface area (Å²) in [7, 11) is -3.49. The van der Waals surface area contributed by atoms with E-state index in [0.717, 1.165) is 36.8 Å². The van der Waals surface area contributed by atoms with Gasteiger partial charge in [0.1, 0.15) is 11.9 Å². The largest absolute Gasteiger partial charge is 0.376 e. The molecule has 2 aromatic carbocycles. The highest BCUT2D eigenvalue weighted by molar-refractivity contribution is 7.89. The minimum atomic E-state index is -3.49. The maximum atomic E-state index is 13.4. The van der Waals surface area contributed by atoms with Crippen LogP contribution >= 0.6 is 0 Å². The van der Waals surface area contributed by atoms with Crippen LogP contribution in [0.25, 0.3) is 0 Å². The topological polar surface area (TPSA) is 96.0 Å². The third-order valence-corrected chi connectivity index (χ3v) is 9.13. The number of nitrogens with one attached hydrogen (secondary N) is 1. The highest BCUT2D eigenvalue weighted by atomic mass is 32.2. The van der Waals surface area contributed by atoms with Gasteiger partial charge in [-0.05, 0) is 74.4 Å². The lowest BCUT2D eigenvalue weighted by Crippen LogP contribution is -2.49. The van der Waals surface area contributed by atoms with Gasteiger partial charge in [-0.15, -0.1) is 0 Å². The van der Waals surface area contributed by atoms with Crippen molar-refractivity contribution >= 4 is 21.8 Å². The summed E-state index contributed by atoms with van der Waals surface area (Å²) in [5.41, 5.74) is 1.55. The van der Waals surface area contributed by atoms with Crippen molar-refractivity contribution < 1.29 is 27.1 Å². The first-order valence-electron chi connectivity index (χ1n) is 13.3.